The molecule has 0 unspecified atom stereocenters. The normalized spacial score (nSPS) is 11.1. The van der Waals surface area contributed by atoms with E-state index in [1.807, 2.05) is 0 Å². The summed E-state index contributed by atoms with van der Waals surface area (Å²) in [5.74, 6) is -0.642. The summed E-state index contributed by atoms with van der Waals surface area (Å²) in [5.41, 5.74) is 5.77. The van der Waals surface area contributed by atoms with Crippen LogP contribution in [0.3, 0.4) is 0 Å². The predicted molar refractivity (Wildman–Crippen MR) is 76.6 cm³/mol. The average molecular weight is 311 g/mol. The Kier molecular flexibility index (Phi) is 5.69. The van der Waals surface area contributed by atoms with Gasteiger partial charge in [-0.1, -0.05) is 6.92 Å². The van der Waals surface area contributed by atoms with Gasteiger partial charge in [-0.05, 0) is 25.1 Å². The van der Waals surface area contributed by atoms with E-state index < -0.39 is 22.5 Å². The van der Waals surface area contributed by atoms with Crippen LogP contribution < -0.4 is 5.73 Å². The number of benzene rings is 1. The van der Waals surface area contributed by atoms with Gasteiger partial charge < -0.3 is 10.5 Å². The highest BCUT2D eigenvalue weighted by atomic mass is 32.2. The molecule has 0 fully saturated rings. The van der Waals surface area contributed by atoms with Gasteiger partial charge in [0.2, 0.25) is 10.0 Å². The van der Waals surface area contributed by atoms with Crippen LogP contribution >= 0.6 is 0 Å². The Hall–Kier alpha value is -2.11. The van der Waals surface area contributed by atoms with E-state index in [9.17, 15) is 13.2 Å². The van der Waals surface area contributed by atoms with Crippen LogP contribution in [0.2, 0.25) is 0 Å². The number of nitriles is 1. The van der Waals surface area contributed by atoms with Gasteiger partial charge in [0.1, 0.15) is 17.5 Å². The molecule has 1 aromatic rings. The molecule has 0 heterocycles. The summed E-state index contributed by atoms with van der Waals surface area (Å²) < 4.78 is 30.7. The van der Waals surface area contributed by atoms with Crippen LogP contribution in [0, 0.1) is 11.3 Å². The number of likely N-dealkylation sites (N-methyl/N-ethyl adjacent to an activating group) is 1. The smallest absolute Gasteiger partial charge is 0.321 e. The zero-order chi connectivity index (χ0) is 16.0. The summed E-state index contributed by atoms with van der Waals surface area (Å²) in [6.07, 6.45) is 0. The molecule has 114 valence electrons. The van der Waals surface area contributed by atoms with Gasteiger partial charge in [0.05, 0.1) is 12.2 Å². The molecule has 2 N–H and O–H groups in total. The van der Waals surface area contributed by atoms with Gasteiger partial charge in [-0.15, -0.1) is 0 Å². The summed E-state index contributed by atoms with van der Waals surface area (Å²) in [6, 6.07) is 5.74. The second-order valence-electron chi connectivity index (χ2n) is 4.10. The van der Waals surface area contributed by atoms with Crippen LogP contribution in [0.25, 0.3) is 0 Å². The Labute approximate surface area is 124 Å². The molecule has 8 heteroatoms. The third-order valence-electron chi connectivity index (χ3n) is 2.71. The molecule has 0 aliphatic rings. The van der Waals surface area contributed by atoms with Crippen LogP contribution in [0.1, 0.15) is 19.4 Å². The Morgan fingerprint density at radius 2 is 2.10 bits per heavy atom. The molecule has 0 bridgehead atoms. The Morgan fingerprint density at radius 3 is 2.62 bits per heavy atom. The fraction of sp³-hybridized carbons (Fsp3) is 0.385. The SMILES string of the molecule is CCOC(=O)CN(CC)S(=O)(=O)c1ccc(N)cc1C#N. The summed E-state index contributed by atoms with van der Waals surface area (Å²) >= 11 is 0. The van der Waals surface area contributed by atoms with Gasteiger partial charge in [-0.3, -0.25) is 4.79 Å². The monoisotopic (exact) mass is 311 g/mol. The number of nitrogens with two attached hydrogens (primary N) is 1. The van der Waals surface area contributed by atoms with Crippen LogP contribution in [-0.4, -0.2) is 38.4 Å². The number of carbonyl (C=O) groups is 1. The molecular weight excluding hydrogens is 294 g/mol. The van der Waals surface area contributed by atoms with E-state index in [-0.39, 0.29) is 23.6 Å². The second kappa shape index (κ2) is 7.06. The lowest BCUT2D eigenvalue weighted by Crippen LogP contribution is -2.36. The van der Waals surface area contributed by atoms with Gasteiger partial charge in [0, 0.05) is 12.2 Å². The first-order valence-electron chi connectivity index (χ1n) is 6.32. The van der Waals surface area contributed by atoms with Gasteiger partial charge in [-0.2, -0.15) is 9.57 Å². The van der Waals surface area contributed by atoms with Crippen molar-refractivity contribution < 1.29 is 17.9 Å². The molecule has 0 saturated carbocycles. The first-order chi connectivity index (χ1) is 9.86. The molecule has 0 spiro atoms. The van der Waals surface area contributed by atoms with Crippen molar-refractivity contribution in [3.05, 3.63) is 23.8 Å². The van der Waals surface area contributed by atoms with Gasteiger partial charge in [-0.25, -0.2) is 8.42 Å². The molecule has 1 aromatic carbocycles. The number of hydrogen-bond acceptors (Lipinski definition) is 6. The van der Waals surface area contributed by atoms with Gasteiger partial charge >= 0.3 is 5.97 Å². The van der Waals surface area contributed by atoms with E-state index in [0.717, 1.165) is 4.31 Å². The lowest BCUT2D eigenvalue weighted by atomic mass is 10.2. The molecule has 1 rings (SSSR count). The summed E-state index contributed by atoms with van der Waals surface area (Å²) in [5, 5.41) is 9.05. The lowest BCUT2D eigenvalue weighted by molar-refractivity contribution is -0.143. The molecule has 0 saturated heterocycles. The number of hydrogen-bond donors (Lipinski definition) is 1. The maximum Gasteiger partial charge on any atom is 0.321 e. The number of ether oxygens (including phenoxy) is 1. The fourth-order valence-corrected chi connectivity index (χ4v) is 3.23. The highest BCUT2D eigenvalue weighted by Gasteiger charge is 2.28. The van der Waals surface area contributed by atoms with Crippen molar-refractivity contribution in [3.8, 4) is 6.07 Å². The van der Waals surface area contributed by atoms with Crippen molar-refractivity contribution in [2.75, 3.05) is 25.4 Å². The van der Waals surface area contributed by atoms with Crippen molar-refractivity contribution in [2.24, 2.45) is 0 Å². The lowest BCUT2D eigenvalue weighted by Gasteiger charge is -2.20. The second-order valence-corrected chi connectivity index (χ2v) is 6.01. The molecule has 7 nitrogen and oxygen atoms in total. The maximum absolute atomic E-state index is 12.5. The number of rotatable bonds is 6. The minimum absolute atomic E-state index is 0.0580. The van der Waals surface area contributed by atoms with Crippen LogP contribution in [0.4, 0.5) is 5.69 Å². The van der Waals surface area contributed by atoms with Gasteiger partial charge in [0.15, 0.2) is 0 Å². The number of nitrogens with zero attached hydrogens (tertiary/aromatic N) is 2. The number of carbonyl (C=O) groups excluding carboxylic acids is 1. The average Bonchev–Trinajstić information content (AvgIpc) is 2.44. The molecule has 0 amide bonds. The van der Waals surface area contributed by atoms with Crippen molar-refractivity contribution in [1.29, 1.82) is 5.26 Å². The molecule has 21 heavy (non-hydrogen) atoms. The maximum atomic E-state index is 12.5. The van der Waals surface area contributed by atoms with E-state index in [2.05, 4.69) is 0 Å². The zero-order valence-corrected chi connectivity index (χ0v) is 12.7. The number of sulfonamides is 1. The van der Waals surface area contributed by atoms with E-state index in [0.29, 0.717) is 5.69 Å². The first kappa shape index (κ1) is 16.9. The van der Waals surface area contributed by atoms with Crippen molar-refractivity contribution in [3.63, 3.8) is 0 Å². The standard InChI is InChI=1S/C13H17N3O4S/c1-3-16(9-13(17)20-4-2)21(18,19)12-6-5-11(15)7-10(12)8-14/h5-7H,3-4,9,15H2,1-2H3. The van der Waals surface area contributed by atoms with Crippen molar-refractivity contribution in [2.45, 2.75) is 18.7 Å². The highest BCUT2D eigenvalue weighted by Crippen LogP contribution is 2.22. The van der Waals surface area contributed by atoms with Crippen LogP contribution in [-0.2, 0) is 19.6 Å². The van der Waals surface area contributed by atoms with E-state index in [1.165, 1.54) is 18.2 Å². The van der Waals surface area contributed by atoms with Crippen molar-refractivity contribution in [1.82, 2.24) is 4.31 Å². The summed E-state index contributed by atoms with van der Waals surface area (Å²) in [6.45, 7) is 3.08. The van der Waals surface area contributed by atoms with Crippen molar-refractivity contribution >= 4 is 21.7 Å². The molecular formula is C13H17N3O4S. The summed E-state index contributed by atoms with van der Waals surface area (Å²) in [7, 11) is -3.97. The molecule has 0 aliphatic carbocycles. The topological polar surface area (TPSA) is 113 Å². The predicted octanol–water partition coefficient (Wildman–Crippen LogP) is 0.714. The molecule has 0 atom stereocenters. The number of esters is 1. The van der Waals surface area contributed by atoms with E-state index in [4.69, 9.17) is 15.7 Å². The molecule has 0 aliphatic heterocycles. The van der Waals surface area contributed by atoms with Crippen LogP contribution in [0.5, 0.6) is 0 Å². The van der Waals surface area contributed by atoms with E-state index >= 15 is 0 Å². The quantitative estimate of drug-likeness (QED) is 0.611. The highest BCUT2D eigenvalue weighted by molar-refractivity contribution is 7.89. The Bertz CT molecular complexity index is 664. The third kappa shape index (κ3) is 3.93. The fourth-order valence-electron chi connectivity index (χ4n) is 1.72. The minimum atomic E-state index is -3.97. The Morgan fingerprint density at radius 1 is 1.43 bits per heavy atom. The number of anilines is 1. The first-order valence-corrected chi connectivity index (χ1v) is 7.76. The van der Waals surface area contributed by atoms with E-state index in [1.54, 1.807) is 19.9 Å². The van der Waals surface area contributed by atoms with Gasteiger partial charge in [0.25, 0.3) is 0 Å². The minimum Gasteiger partial charge on any atom is -0.465 e. The molecule has 0 aromatic heterocycles. The molecule has 0 radical (unpaired) electrons. The largest absolute Gasteiger partial charge is 0.465 e. The summed E-state index contributed by atoms with van der Waals surface area (Å²) in [4.78, 5) is 11.3. The van der Waals surface area contributed by atoms with Crippen LogP contribution in [0.15, 0.2) is 23.1 Å². The third-order valence-corrected chi connectivity index (χ3v) is 4.68. The zero-order valence-electron chi connectivity index (χ0n) is 11.9. The Balaban J connectivity index is 3.20. The number of nitrogen functional groups attached to an aromatic ring is 1.